The Bertz CT molecular complexity index is 521. The molecule has 6 nitrogen and oxygen atoms in total. The van der Waals surface area contributed by atoms with Gasteiger partial charge in [0.25, 0.3) is 5.91 Å². The fourth-order valence-corrected chi connectivity index (χ4v) is 2.51. The normalized spacial score (nSPS) is 19.2. The van der Waals surface area contributed by atoms with E-state index in [0.29, 0.717) is 30.9 Å². The van der Waals surface area contributed by atoms with Crippen molar-refractivity contribution in [3.8, 4) is 0 Å². The zero-order chi connectivity index (χ0) is 14.0. The van der Waals surface area contributed by atoms with E-state index in [4.69, 9.17) is 5.73 Å². The molecule has 1 heterocycles. The summed E-state index contributed by atoms with van der Waals surface area (Å²) in [4.78, 5) is 24.5. The minimum Gasteiger partial charge on any atom is -0.480 e. The molecule has 1 aromatic rings. The molecule has 2 rings (SSSR count). The van der Waals surface area contributed by atoms with E-state index in [-0.39, 0.29) is 0 Å². The molecular weight excluding hydrogens is 314 g/mol. The lowest BCUT2D eigenvalue weighted by Crippen LogP contribution is -2.55. The van der Waals surface area contributed by atoms with E-state index >= 15 is 0 Å². The summed E-state index contributed by atoms with van der Waals surface area (Å²) in [5.74, 6) is -1.49. The minimum atomic E-state index is -0.928. The first-order chi connectivity index (χ1) is 9.00. The Balaban J connectivity index is 2.46. The minimum absolute atomic E-state index is 0.330. The van der Waals surface area contributed by atoms with Crippen LogP contribution in [-0.2, 0) is 4.79 Å². The summed E-state index contributed by atoms with van der Waals surface area (Å²) < 4.78 is 0.773. The smallest absolute Gasteiger partial charge is 0.327 e. The summed E-state index contributed by atoms with van der Waals surface area (Å²) in [5, 5.41) is 12.3. The van der Waals surface area contributed by atoms with Gasteiger partial charge in [-0.25, -0.2) is 4.79 Å². The molecule has 1 atom stereocenters. The molecule has 1 aliphatic heterocycles. The molecule has 1 aliphatic rings. The van der Waals surface area contributed by atoms with Gasteiger partial charge in [0.2, 0.25) is 0 Å². The van der Waals surface area contributed by atoms with Crippen molar-refractivity contribution in [3.63, 3.8) is 0 Å². The van der Waals surface area contributed by atoms with Gasteiger partial charge in [-0.05, 0) is 18.2 Å². The van der Waals surface area contributed by atoms with E-state index in [0.717, 1.165) is 4.47 Å². The molecule has 1 saturated heterocycles. The molecule has 0 bridgehead atoms. The zero-order valence-corrected chi connectivity index (χ0v) is 11.7. The van der Waals surface area contributed by atoms with Gasteiger partial charge in [-0.3, -0.25) is 4.79 Å². The van der Waals surface area contributed by atoms with Crippen LogP contribution in [0.5, 0.6) is 0 Å². The molecule has 1 aromatic carbocycles. The molecule has 0 aliphatic carbocycles. The van der Waals surface area contributed by atoms with Crippen molar-refractivity contribution in [1.82, 2.24) is 5.32 Å². The number of aliphatic carboxylic acids is 1. The second-order valence-corrected chi connectivity index (χ2v) is 5.19. The predicted octanol–water partition coefficient (Wildman–Crippen LogP) is 0.411. The van der Waals surface area contributed by atoms with E-state index in [9.17, 15) is 14.7 Å². The average Bonchev–Trinajstić information content (AvgIpc) is 2.38. The number of nitrogens with zero attached hydrogens (tertiary/aromatic N) is 1. The number of nitrogens with two attached hydrogens (primary N) is 1. The molecule has 0 radical (unpaired) electrons. The lowest BCUT2D eigenvalue weighted by molar-refractivity contribution is -0.138. The van der Waals surface area contributed by atoms with Crippen LogP contribution >= 0.6 is 15.9 Å². The van der Waals surface area contributed by atoms with Crippen molar-refractivity contribution in [1.29, 1.82) is 0 Å². The Kier molecular flexibility index (Phi) is 4.06. The highest BCUT2D eigenvalue weighted by molar-refractivity contribution is 9.10. The predicted molar refractivity (Wildman–Crippen MR) is 74.3 cm³/mol. The van der Waals surface area contributed by atoms with E-state index in [1.165, 1.54) is 0 Å². The summed E-state index contributed by atoms with van der Waals surface area (Å²) in [7, 11) is 0. The van der Waals surface area contributed by atoms with E-state index < -0.39 is 17.9 Å². The molecule has 4 N–H and O–H groups in total. The Morgan fingerprint density at radius 3 is 2.84 bits per heavy atom. The third kappa shape index (κ3) is 2.87. The van der Waals surface area contributed by atoms with Crippen LogP contribution in [0.25, 0.3) is 0 Å². The maximum absolute atomic E-state index is 11.5. The molecule has 0 spiro atoms. The summed E-state index contributed by atoms with van der Waals surface area (Å²) in [6, 6.07) is 4.33. The van der Waals surface area contributed by atoms with Gasteiger partial charge in [-0.15, -0.1) is 0 Å². The van der Waals surface area contributed by atoms with Crippen molar-refractivity contribution in [2.45, 2.75) is 6.04 Å². The number of amides is 1. The van der Waals surface area contributed by atoms with Gasteiger partial charge in [-0.1, -0.05) is 15.9 Å². The number of halogens is 1. The van der Waals surface area contributed by atoms with E-state index in [1.54, 1.807) is 23.1 Å². The first-order valence-electron chi connectivity index (χ1n) is 5.80. The van der Waals surface area contributed by atoms with Crippen LogP contribution in [0, 0.1) is 0 Å². The maximum Gasteiger partial charge on any atom is 0.327 e. The van der Waals surface area contributed by atoms with E-state index in [2.05, 4.69) is 21.2 Å². The lowest BCUT2D eigenvalue weighted by Gasteiger charge is -2.36. The molecular formula is C12H14BrN3O3. The SMILES string of the molecule is NC(=O)c1ccc(Br)cc1N1CCNCC1C(=O)O. The number of hydrogen-bond acceptors (Lipinski definition) is 4. The number of carboxylic acids is 1. The van der Waals surface area contributed by atoms with Crippen molar-refractivity contribution in [2.24, 2.45) is 5.73 Å². The lowest BCUT2D eigenvalue weighted by atomic mass is 10.1. The summed E-state index contributed by atoms with van der Waals surface area (Å²) in [6.45, 7) is 1.50. The number of anilines is 1. The maximum atomic E-state index is 11.5. The third-order valence-corrected chi connectivity index (χ3v) is 3.56. The van der Waals surface area contributed by atoms with Crippen LogP contribution in [0.4, 0.5) is 5.69 Å². The summed E-state index contributed by atoms with van der Waals surface area (Å²) >= 11 is 3.33. The Hall–Kier alpha value is -1.60. The second kappa shape index (κ2) is 5.58. The van der Waals surface area contributed by atoms with Crippen LogP contribution in [0.3, 0.4) is 0 Å². The van der Waals surface area contributed by atoms with E-state index in [1.807, 2.05) is 0 Å². The zero-order valence-electron chi connectivity index (χ0n) is 10.1. The number of hydrogen-bond donors (Lipinski definition) is 3. The average molecular weight is 328 g/mol. The number of carbonyl (C=O) groups is 2. The highest BCUT2D eigenvalue weighted by Gasteiger charge is 2.30. The monoisotopic (exact) mass is 327 g/mol. The number of nitrogens with one attached hydrogen (secondary N) is 1. The standard InChI is InChI=1S/C12H14BrN3O3/c13-7-1-2-8(11(14)17)9(5-7)16-4-3-15-6-10(16)12(18)19/h1-2,5,10,15H,3-4,6H2,(H2,14,17)(H,18,19). The second-order valence-electron chi connectivity index (χ2n) is 4.28. The number of rotatable bonds is 3. The van der Waals surface area contributed by atoms with Gasteiger partial charge in [0.1, 0.15) is 6.04 Å². The number of carboxylic acid groups (broad SMARTS) is 1. The van der Waals surface area contributed by atoms with Crippen LogP contribution in [0.15, 0.2) is 22.7 Å². The van der Waals surface area contributed by atoms with Gasteiger partial charge < -0.3 is 21.1 Å². The summed E-state index contributed by atoms with van der Waals surface area (Å²) in [6.07, 6.45) is 0. The molecule has 1 unspecified atom stereocenters. The molecule has 102 valence electrons. The van der Waals surface area contributed by atoms with Gasteiger partial charge in [-0.2, -0.15) is 0 Å². The van der Waals surface area contributed by atoms with Crippen LogP contribution in [0.2, 0.25) is 0 Å². The Labute approximate surface area is 118 Å². The molecule has 1 amide bonds. The van der Waals surface area contributed by atoms with Gasteiger partial charge in [0.15, 0.2) is 0 Å². The van der Waals surface area contributed by atoms with Crippen molar-refractivity contribution in [2.75, 3.05) is 24.5 Å². The Morgan fingerprint density at radius 1 is 1.47 bits per heavy atom. The number of benzene rings is 1. The van der Waals surface area contributed by atoms with Gasteiger partial charge >= 0.3 is 5.97 Å². The molecule has 7 heteroatoms. The molecule has 1 fully saturated rings. The van der Waals surface area contributed by atoms with Crippen molar-refractivity contribution in [3.05, 3.63) is 28.2 Å². The molecule has 0 aromatic heterocycles. The highest BCUT2D eigenvalue weighted by atomic mass is 79.9. The molecule has 0 saturated carbocycles. The Morgan fingerprint density at radius 2 is 2.21 bits per heavy atom. The quantitative estimate of drug-likeness (QED) is 0.747. The number of piperazine rings is 1. The van der Waals surface area contributed by atoms with Crippen molar-refractivity contribution >= 4 is 33.5 Å². The largest absolute Gasteiger partial charge is 0.480 e. The highest BCUT2D eigenvalue weighted by Crippen LogP contribution is 2.27. The molecule has 19 heavy (non-hydrogen) atoms. The van der Waals surface area contributed by atoms with Crippen LogP contribution in [-0.4, -0.2) is 42.7 Å². The van der Waals surface area contributed by atoms with Crippen LogP contribution < -0.4 is 16.0 Å². The van der Waals surface area contributed by atoms with Gasteiger partial charge in [0, 0.05) is 24.1 Å². The fourth-order valence-electron chi connectivity index (χ4n) is 2.16. The summed E-state index contributed by atoms with van der Waals surface area (Å²) in [5.41, 5.74) is 6.23. The first-order valence-corrected chi connectivity index (χ1v) is 6.59. The first kappa shape index (κ1) is 13.8. The topological polar surface area (TPSA) is 95.7 Å². The van der Waals surface area contributed by atoms with Crippen molar-refractivity contribution < 1.29 is 14.7 Å². The number of carbonyl (C=O) groups excluding carboxylic acids is 1. The fraction of sp³-hybridized carbons (Fsp3) is 0.333. The number of primary amides is 1. The van der Waals surface area contributed by atoms with Gasteiger partial charge in [0.05, 0.1) is 11.3 Å². The third-order valence-electron chi connectivity index (χ3n) is 3.06. The van der Waals surface area contributed by atoms with Crippen LogP contribution in [0.1, 0.15) is 10.4 Å².